The lowest BCUT2D eigenvalue weighted by molar-refractivity contribution is -0.385. The summed E-state index contributed by atoms with van der Waals surface area (Å²) in [6, 6.07) is 10.8. The molecule has 29 heavy (non-hydrogen) atoms. The van der Waals surface area contributed by atoms with Crippen LogP contribution >= 0.6 is 0 Å². The van der Waals surface area contributed by atoms with Crippen molar-refractivity contribution in [3.63, 3.8) is 0 Å². The van der Waals surface area contributed by atoms with Crippen molar-refractivity contribution in [1.82, 2.24) is 4.90 Å². The molecular formula is C21H21N3O5. The number of fused-ring (bicyclic) bond motifs is 2. The molecule has 0 bridgehead atoms. The van der Waals surface area contributed by atoms with Gasteiger partial charge in [0.25, 0.3) is 17.5 Å². The Hall–Kier alpha value is -3.42. The molecule has 2 aliphatic rings. The molecular weight excluding hydrogens is 374 g/mol. The lowest BCUT2D eigenvalue weighted by atomic mass is 9.97. The lowest BCUT2D eigenvalue weighted by Gasteiger charge is -2.37. The monoisotopic (exact) mass is 395 g/mol. The van der Waals surface area contributed by atoms with Crippen molar-refractivity contribution in [3.05, 3.63) is 63.7 Å². The van der Waals surface area contributed by atoms with Gasteiger partial charge in [0, 0.05) is 30.8 Å². The van der Waals surface area contributed by atoms with Crippen LogP contribution in [0.4, 0.5) is 11.4 Å². The van der Waals surface area contributed by atoms with Crippen LogP contribution in [-0.4, -0.2) is 40.8 Å². The highest BCUT2D eigenvalue weighted by atomic mass is 16.6. The smallest absolute Gasteiger partial charge is 0.282 e. The van der Waals surface area contributed by atoms with Crippen LogP contribution in [-0.2, 0) is 0 Å². The van der Waals surface area contributed by atoms with E-state index in [1.807, 2.05) is 4.90 Å². The predicted octanol–water partition coefficient (Wildman–Crippen LogP) is 3.62. The van der Waals surface area contributed by atoms with Gasteiger partial charge in [-0.25, -0.2) is 0 Å². The van der Waals surface area contributed by atoms with Gasteiger partial charge in [-0.05, 0) is 43.5 Å². The van der Waals surface area contributed by atoms with Crippen molar-refractivity contribution in [1.29, 1.82) is 0 Å². The van der Waals surface area contributed by atoms with Crippen molar-refractivity contribution in [3.8, 4) is 5.75 Å². The van der Waals surface area contributed by atoms with Gasteiger partial charge in [0.1, 0.15) is 11.3 Å². The van der Waals surface area contributed by atoms with Crippen LogP contribution in [0, 0.1) is 10.1 Å². The van der Waals surface area contributed by atoms with E-state index in [9.17, 15) is 19.7 Å². The molecule has 2 heterocycles. The molecule has 150 valence electrons. The zero-order chi connectivity index (χ0) is 20.4. The SMILES string of the molecule is O=C(Nc1ccc2c(c1)C(=O)N1CCCCC1CCO2)c1ccccc1[N+](=O)[O-]. The van der Waals surface area contributed by atoms with Crippen LogP contribution in [0.3, 0.4) is 0 Å². The van der Waals surface area contributed by atoms with E-state index in [-0.39, 0.29) is 23.2 Å². The zero-order valence-electron chi connectivity index (χ0n) is 15.8. The molecule has 2 amide bonds. The Morgan fingerprint density at radius 2 is 2.00 bits per heavy atom. The highest BCUT2D eigenvalue weighted by Crippen LogP contribution is 2.31. The summed E-state index contributed by atoms with van der Waals surface area (Å²) in [5, 5.41) is 13.8. The van der Waals surface area contributed by atoms with E-state index >= 15 is 0 Å². The summed E-state index contributed by atoms with van der Waals surface area (Å²) < 4.78 is 5.79. The molecule has 0 spiro atoms. The summed E-state index contributed by atoms with van der Waals surface area (Å²) in [6.45, 7) is 1.25. The molecule has 1 fully saturated rings. The topological polar surface area (TPSA) is 102 Å². The fourth-order valence-corrected chi connectivity index (χ4v) is 3.95. The number of anilines is 1. The Labute approximate surface area is 167 Å². The first kappa shape index (κ1) is 18.9. The first-order valence-corrected chi connectivity index (χ1v) is 9.67. The molecule has 8 nitrogen and oxygen atoms in total. The third-order valence-electron chi connectivity index (χ3n) is 5.41. The van der Waals surface area contributed by atoms with Gasteiger partial charge in [-0.2, -0.15) is 0 Å². The number of hydrogen-bond donors (Lipinski definition) is 1. The number of amides is 2. The minimum Gasteiger partial charge on any atom is -0.493 e. The van der Waals surface area contributed by atoms with E-state index in [4.69, 9.17) is 4.74 Å². The summed E-state index contributed by atoms with van der Waals surface area (Å²) >= 11 is 0. The number of nitrogens with zero attached hydrogens (tertiary/aromatic N) is 2. The molecule has 0 saturated carbocycles. The fourth-order valence-electron chi connectivity index (χ4n) is 3.95. The Kier molecular flexibility index (Phi) is 5.16. The van der Waals surface area contributed by atoms with Gasteiger partial charge in [-0.3, -0.25) is 19.7 Å². The van der Waals surface area contributed by atoms with Crippen LogP contribution in [0.5, 0.6) is 5.75 Å². The Morgan fingerprint density at radius 3 is 2.83 bits per heavy atom. The van der Waals surface area contributed by atoms with E-state index in [0.29, 0.717) is 23.6 Å². The number of hydrogen-bond acceptors (Lipinski definition) is 5. The third kappa shape index (κ3) is 3.78. The van der Waals surface area contributed by atoms with Crippen LogP contribution in [0.1, 0.15) is 46.4 Å². The van der Waals surface area contributed by atoms with Gasteiger partial charge in [0.05, 0.1) is 17.1 Å². The van der Waals surface area contributed by atoms with Gasteiger partial charge in [0.15, 0.2) is 0 Å². The Bertz CT molecular complexity index is 975. The van der Waals surface area contributed by atoms with Gasteiger partial charge < -0.3 is 15.0 Å². The number of rotatable bonds is 3. The van der Waals surface area contributed by atoms with Gasteiger partial charge in [0.2, 0.25) is 0 Å². The van der Waals surface area contributed by atoms with Crippen molar-refractivity contribution < 1.29 is 19.2 Å². The molecule has 0 radical (unpaired) electrons. The number of para-hydroxylation sites is 1. The van der Waals surface area contributed by atoms with Crippen LogP contribution in [0.2, 0.25) is 0 Å². The van der Waals surface area contributed by atoms with E-state index in [1.54, 1.807) is 24.3 Å². The first-order chi connectivity index (χ1) is 14.0. The minimum absolute atomic E-state index is 0.0390. The summed E-state index contributed by atoms with van der Waals surface area (Å²) in [6.07, 6.45) is 3.86. The Balaban J connectivity index is 1.62. The summed E-state index contributed by atoms with van der Waals surface area (Å²) in [5.74, 6) is -0.221. The summed E-state index contributed by atoms with van der Waals surface area (Å²) in [5.41, 5.74) is 0.477. The maximum Gasteiger partial charge on any atom is 0.282 e. The first-order valence-electron chi connectivity index (χ1n) is 9.67. The van der Waals surface area contributed by atoms with Crippen molar-refractivity contribution >= 4 is 23.2 Å². The molecule has 1 atom stereocenters. The zero-order valence-corrected chi connectivity index (χ0v) is 15.8. The molecule has 1 unspecified atom stereocenters. The van der Waals surface area contributed by atoms with E-state index in [1.165, 1.54) is 18.2 Å². The standard InChI is InChI=1S/C21H21N3O5/c25-20(16-6-1-2-7-18(16)24(27)28)22-14-8-9-19-17(13-14)21(26)23-11-4-3-5-15(23)10-12-29-19/h1-2,6-9,13,15H,3-5,10-12H2,(H,22,25). The fraction of sp³-hybridized carbons (Fsp3) is 0.333. The van der Waals surface area contributed by atoms with Crippen LogP contribution in [0.25, 0.3) is 0 Å². The average Bonchev–Trinajstić information content (AvgIpc) is 2.73. The molecule has 2 aromatic carbocycles. The third-order valence-corrected chi connectivity index (χ3v) is 5.41. The molecule has 4 rings (SSSR count). The van der Waals surface area contributed by atoms with Crippen LogP contribution in [0.15, 0.2) is 42.5 Å². The Morgan fingerprint density at radius 1 is 1.17 bits per heavy atom. The molecule has 0 aliphatic carbocycles. The summed E-state index contributed by atoms with van der Waals surface area (Å²) in [7, 11) is 0. The maximum atomic E-state index is 13.1. The number of piperidine rings is 1. The van der Waals surface area contributed by atoms with Gasteiger partial charge in [-0.1, -0.05) is 12.1 Å². The van der Waals surface area contributed by atoms with Crippen molar-refractivity contribution in [2.75, 3.05) is 18.5 Å². The molecule has 2 aliphatic heterocycles. The van der Waals surface area contributed by atoms with Crippen molar-refractivity contribution in [2.24, 2.45) is 0 Å². The highest BCUT2D eigenvalue weighted by molar-refractivity contribution is 6.08. The second-order valence-electron chi connectivity index (χ2n) is 7.22. The minimum atomic E-state index is -0.604. The largest absolute Gasteiger partial charge is 0.493 e. The van der Waals surface area contributed by atoms with E-state index in [2.05, 4.69) is 5.32 Å². The number of benzene rings is 2. The molecule has 2 aromatic rings. The molecule has 8 heteroatoms. The quantitative estimate of drug-likeness (QED) is 0.632. The normalized spacial score (nSPS) is 18.6. The summed E-state index contributed by atoms with van der Waals surface area (Å²) in [4.78, 5) is 38.2. The predicted molar refractivity (Wildman–Crippen MR) is 106 cm³/mol. The number of nitro benzene ring substituents is 1. The second-order valence-corrected chi connectivity index (χ2v) is 7.22. The van der Waals surface area contributed by atoms with Crippen molar-refractivity contribution in [2.45, 2.75) is 31.7 Å². The van der Waals surface area contributed by atoms with Gasteiger partial charge in [-0.15, -0.1) is 0 Å². The highest BCUT2D eigenvalue weighted by Gasteiger charge is 2.31. The maximum absolute atomic E-state index is 13.1. The average molecular weight is 395 g/mol. The second kappa shape index (κ2) is 7.90. The van der Waals surface area contributed by atoms with E-state index < -0.39 is 10.8 Å². The number of ether oxygens (including phenoxy) is 1. The molecule has 1 saturated heterocycles. The lowest BCUT2D eigenvalue weighted by Crippen LogP contribution is -2.45. The van der Waals surface area contributed by atoms with E-state index in [0.717, 1.165) is 32.2 Å². The number of carbonyl (C=O) groups excluding carboxylic acids is 2. The molecule has 0 aromatic heterocycles. The molecule has 1 N–H and O–H groups in total. The van der Waals surface area contributed by atoms with Crippen LogP contribution < -0.4 is 10.1 Å². The number of carbonyl (C=O) groups is 2. The number of nitro groups is 1. The van der Waals surface area contributed by atoms with Gasteiger partial charge >= 0.3 is 0 Å². The number of nitrogens with one attached hydrogen (secondary N) is 1.